The van der Waals surface area contributed by atoms with Gasteiger partial charge in [0.2, 0.25) is 5.88 Å². The third kappa shape index (κ3) is 6.27. The van der Waals surface area contributed by atoms with Gasteiger partial charge in [0.25, 0.3) is 5.91 Å². The van der Waals surface area contributed by atoms with E-state index in [4.69, 9.17) is 13.6 Å². The van der Waals surface area contributed by atoms with Gasteiger partial charge in [-0.15, -0.1) is 0 Å². The van der Waals surface area contributed by atoms with Gasteiger partial charge in [-0.2, -0.15) is 4.57 Å². The van der Waals surface area contributed by atoms with Gasteiger partial charge in [-0.1, -0.05) is 61.0 Å². The molecule has 0 radical (unpaired) electrons. The summed E-state index contributed by atoms with van der Waals surface area (Å²) in [5, 5.41) is 0. The van der Waals surface area contributed by atoms with Gasteiger partial charge in [-0.3, -0.25) is 9.69 Å². The van der Waals surface area contributed by atoms with Crippen molar-refractivity contribution in [2.45, 2.75) is 25.7 Å². The second kappa shape index (κ2) is 10.9. The number of amides is 1. The monoisotopic (exact) mass is 463 g/mol. The largest absolute Gasteiger partial charge is 0.648 e. The zero-order chi connectivity index (χ0) is 22.9. The Morgan fingerprint density at radius 3 is 1.82 bits per heavy atom. The minimum atomic E-state index is -4.20. The van der Waals surface area contributed by atoms with E-state index >= 15 is 0 Å². The summed E-state index contributed by atoms with van der Waals surface area (Å²) in [6.07, 6.45) is 5.22. The number of nitrogens with zero attached hydrogens (tertiary/aromatic N) is 1. The molecule has 0 fully saturated rings. The number of allylic oxidation sites excluding steroid dienone is 1. The van der Waals surface area contributed by atoms with E-state index in [1.165, 1.54) is 4.90 Å². The quantitative estimate of drug-likeness (QED) is 0.360. The number of rotatable bonds is 7. The van der Waals surface area contributed by atoms with Gasteiger partial charge in [0.05, 0.1) is 0 Å². The van der Waals surface area contributed by atoms with Crippen molar-refractivity contribution in [1.29, 1.82) is 0 Å². The molecule has 0 aliphatic carbocycles. The number of carbonyl (C=O) groups is 1. The van der Waals surface area contributed by atoms with E-state index in [9.17, 15) is 9.36 Å². The summed E-state index contributed by atoms with van der Waals surface area (Å²) in [4.78, 5) is 14.8. The van der Waals surface area contributed by atoms with Gasteiger partial charge in [0, 0.05) is 12.1 Å². The molecule has 33 heavy (non-hydrogen) atoms. The Kier molecular flexibility index (Phi) is 7.48. The zero-order valence-corrected chi connectivity index (χ0v) is 19.1. The normalized spacial score (nSPS) is 16.0. The maximum Gasteiger partial charge on any atom is 0.648 e. The molecule has 0 saturated carbocycles. The highest BCUT2D eigenvalue weighted by Gasteiger charge is 2.37. The average molecular weight is 463 g/mol. The van der Waals surface area contributed by atoms with Gasteiger partial charge in [-0.05, 0) is 61.7 Å². The first kappa shape index (κ1) is 22.7. The Bertz CT molecular complexity index is 1070. The number of hydrogen-bond donors (Lipinski definition) is 0. The molecule has 1 aliphatic rings. The van der Waals surface area contributed by atoms with Gasteiger partial charge >= 0.3 is 7.82 Å². The maximum atomic E-state index is 13.9. The molecule has 4 rings (SSSR count). The molecule has 0 atom stereocenters. The SMILES string of the molecule is O=C(c1ccccc1)N1CCCCC/C=C\1OP(=O)(Oc1ccccc1)Oc1ccccc1. The molecule has 6 nitrogen and oxygen atoms in total. The first-order valence-corrected chi connectivity index (χ1v) is 12.4. The second-order valence-corrected chi connectivity index (χ2v) is 9.00. The molecule has 0 unspecified atom stereocenters. The van der Waals surface area contributed by atoms with E-state index in [1.807, 2.05) is 30.3 Å². The number of hydrogen-bond acceptors (Lipinski definition) is 5. The number of phosphoric acid groups is 1. The van der Waals surface area contributed by atoms with Crippen molar-refractivity contribution in [3.05, 3.63) is 109 Å². The molecule has 1 aliphatic heterocycles. The van der Waals surface area contributed by atoms with Crippen molar-refractivity contribution < 1.29 is 22.9 Å². The summed E-state index contributed by atoms with van der Waals surface area (Å²) in [6, 6.07) is 26.4. The zero-order valence-electron chi connectivity index (χ0n) is 18.2. The molecule has 3 aromatic carbocycles. The molecule has 0 saturated heterocycles. The summed E-state index contributed by atoms with van der Waals surface area (Å²) >= 11 is 0. The van der Waals surface area contributed by atoms with Gasteiger partial charge in [0.1, 0.15) is 11.5 Å². The highest BCUT2D eigenvalue weighted by atomic mass is 31.2. The lowest BCUT2D eigenvalue weighted by atomic mass is 10.1. The van der Waals surface area contributed by atoms with E-state index in [0.717, 1.165) is 19.3 Å². The fourth-order valence-corrected chi connectivity index (χ4v) is 4.73. The highest BCUT2D eigenvalue weighted by Crippen LogP contribution is 2.52. The van der Waals surface area contributed by atoms with Gasteiger partial charge in [-0.25, -0.2) is 0 Å². The summed E-state index contributed by atoms with van der Waals surface area (Å²) in [6.45, 7) is 0.441. The van der Waals surface area contributed by atoms with Gasteiger partial charge in [0.15, 0.2) is 0 Å². The highest BCUT2D eigenvalue weighted by molar-refractivity contribution is 7.49. The first-order valence-electron chi connectivity index (χ1n) is 11.0. The number of carbonyl (C=O) groups excluding carboxylic acids is 1. The molecule has 7 heteroatoms. The lowest BCUT2D eigenvalue weighted by Crippen LogP contribution is -2.33. The predicted molar refractivity (Wildman–Crippen MR) is 127 cm³/mol. The number of para-hydroxylation sites is 2. The van der Waals surface area contributed by atoms with Crippen molar-refractivity contribution in [3.63, 3.8) is 0 Å². The van der Waals surface area contributed by atoms with Crippen LogP contribution in [-0.4, -0.2) is 17.4 Å². The molecule has 0 spiro atoms. The van der Waals surface area contributed by atoms with Crippen LogP contribution in [0.4, 0.5) is 0 Å². The van der Waals surface area contributed by atoms with Crippen LogP contribution in [0.5, 0.6) is 11.5 Å². The van der Waals surface area contributed by atoms with E-state index in [1.54, 1.807) is 66.7 Å². The van der Waals surface area contributed by atoms with Crippen LogP contribution >= 0.6 is 7.82 Å². The summed E-state index contributed by atoms with van der Waals surface area (Å²) in [5.41, 5.74) is 0.523. The fourth-order valence-electron chi connectivity index (χ4n) is 3.45. The topological polar surface area (TPSA) is 65.1 Å². The van der Waals surface area contributed by atoms with Gasteiger partial charge < -0.3 is 13.6 Å². The van der Waals surface area contributed by atoms with Crippen LogP contribution in [0.15, 0.2) is 103 Å². The Morgan fingerprint density at radius 2 is 1.24 bits per heavy atom. The maximum absolute atomic E-state index is 13.9. The molecular weight excluding hydrogens is 437 g/mol. The summed E-state index contributed by atoms with van der Waals surface area (Å²) in [7, 11) is -4.20. The van der Waals surface area contributed by atoms with Crippen molar-refractivity contribution >= 4 is 13.7 Å². The molecule has 3 aromatic rings. The van der Waals surface area contributed by atoms with E-state index in [2.05, 4.69) is 0 Å². The molecular formula is C26H26NO5P. The van der Waals surface area contributed by atoms with Crippen molar-refractivity contribution in [3.8, 4) is 11.5 Å². The number of phosphoric ester groups is 1. The van der Waals surface area contributed by atoms with Crippen molar-refractivity contribution in [2.75, 3.05) is 6.54 Å². The van der Waals surface area contributed by atoms with Crippen LogP contribution in [0.1, 0.15) is 36.0 Å². The number of benzene rings is 3. The molecule has 0 bridgehead atoms. The summed E-state index contributed by atoms with van der Waals surface area (Å²) in [5.74, 6) is 0.627. The van der Waals surface area contributed by atoms with E-state index in [-0.39, 0.29) is 11.8 Å². The van der Waals surface area contributed by atoms with E-state index < -0.39 is 7.82 Å². The van der Waals surface area contributed by atoms with Crippen LogP contribution in [0.2, 0.25) is 0 Å². The lowest BCUT2D eigenvalue weighted by Gasteiger charge is -2.29. The second-order valence-electron chi connectivity index (χ2n) is 7.56. The standard InChI is InChI=1S/C26H26NO5P/c28-26(22-14-6-3-7-15-22)27-21-13-2-1-12-20-25(27)32-33(29,30-23-16-8-4-9-17-23)31-24-18-10-5-11-19-24/h3-11,14-20H,1-2,12-13,21H2/b25-20+. The molecule has 170 valence electrons. The summed E-state index contributed by atoms with van der Waals surface area (Å²) < 4.78 is 31.3. The average Bonchev–Trinajstić information content (AvgIpc) is 2.82. The third-order valence-corrected chi connectivity index (χ3v) is 6.34. The lowest BCUT2D eigenvalue weighted by molar-refractivity contribution is 0.0715. The predicted octanol–water partition coefficient (Wildman–Crippen LogP) is 6.83. The van der Waals surface area contributed by atoms with E-state index in [0.29, 0.717) is 30.0 Å². The van der Waals surface area contributed by atoms with Crippen molar-refractivity contribution in [1.82, 2.24) is 4.90 Å². The smallest absolute Gasteiger partial charge is 0.386 e. The third-order valence-electron chi connectivity index (χ3n) is 5.06. The van der Waals surface area contributed by atoms with Crippen LogP contribution in [0.3, 0.4) is 0 Å². The Labute approximate surface area is 194 Å². The minimum Gasteiger partial charge on any atom is -0.386 e. The minimum absolute atomic E-state index is 0.179. The molecule has 0 aromatic heterocycles. The van der Waals surface area contributed by atoms with Crippen molar-refractivity contribution in [2.24, 2.45) is 0 Å². The Hall–Kier alpha value is -3.50. The van der Waals surface area contributed by atoms with Crippen LogP contribution < -0.4 is 9.05 Å². The first-order chi connectivity index (χ1) is 16.1. The van der Waals surface area contributed by atoms with Crippen LogP contribution in [0, 0.1) is 0 Å². The Balaban J connectivity index is 1.66. The fraction of sp³-hybridized carbons (Fsp3) is 0.192. The molecule has 1 heterocycles. The Morgan fingerprint density at radius 1 is 0.697 bits per heavy atom. The van der Waals surface area contributed by atoms with Crippen LogP contribution in [-0.2, 0) is 9.09 Å². The molecule has 1 amide bonds. The van der Waals surface area contributed by atoms with Crippen LogP contribution in [0.25, 0.3) is 0 Å². The molecule has 0 N–H and O–H groups in total.